The molecule has 1 saturated heterocycles. The molecule has 1 fully saturated rings. The highest BCUT2D eigenvalue weighted by Gasteiger charge is 2.27. The summed E-state index contributed by atoms with van der Waals surface area (Å²) in [7, 11) is 0. The number of alkyl halides is 1. The van der Waals surface area contributed by atoms with Gasteiger partial charge in [0.15, 0.2) is 10.9 Å². The van der Waals surface area contributed by atoms with Crippen molar-refractivity contribution >= 4 is 34.3 Å². The number of Topliss-reactive ketones (excluding diaryl/α,β-unsaturated/α-hetero) is 1. The monoisotopic (exact) mass is 178 g/mol. The van der Waals surface area contributed by atoms with Crippen LogP contribution < -0.4 is 0 Å². The average Bonchev–Trinajstić information content (AvgIpc) is 2.34. The Balaban J connectivity index is 2.44. The van der Waals surface area contributed by atoms with Gasteiger partial charge in [0.25, 0.3) is 0 Å². The van der Waals surface area contributed by atoms with Crippen molar-refractivity contribution in [2.24, 2.45) is 0 Å². The number of thioether (sulfide) groups is 1. The zero-order chi connectivity index (χ0) is 7.56. The van der Waals surface area contributed by atoms with Crippen LogP contribution in [-0.2, 0) is 9.59 Å². The van der Waals surface area contributed by atoms with Crippen LogP contribution in [0, 0.1) is 0 Å². The number of hydrogen-bond donors (Lipinski definition) is 0. The van der Waals surface area contributed by atoms with Gasteiger partial charge in [0.05, 0.1) is 11.1 Å². The highest BCUT2D eigenvalue weighted by Crippen LogP contribution is 2.28. The Morgan fingerprint density at radius 3 is 2.90 bits per heavy atom. The Labute approximate surface area is 68.3 Å². The molecule has 0 unspecified atom stereocenters. The summed E-state index contributed by atoms with van der Waals surface area (Å²) in [6.07, 6.45) is 1.20. The molecular formula is C6H7ClO2S. The third-order valence-electron chi connectivity index (χ3n) is 1.38. The van der Waals surface area contributed by atoms with Gasteiger partial charge in [-0.2, -0.15) is 0 Å². The molecule has 0 N–H and O–H groups in total. The van der Waals surface area contributed by atoms with E-state index < -0.39 is 0 Å². The molecule has 0 aromatic carbocycles. The van der Waals surface area contributed by atoms with Gasteiger partial charge in [0.2, 0.25) is 0 Å². The minimum absolute atomic E-state index is 0.0162. The van der Waals surface area contributed by atoms with E-state index >= 15 is 0 Å². The minimum atomic E-state index is -0.148. The highest BCUT2D eigenvalue weighted by atomic mass is 35.5. The fraction of sp³-hybridized carbons (Fsp3) is 0.667. The van der Waals surface area contributed by atoms with E-state index in [1.165, 1.54) is 0 Å². The summed E-state index contributed by atoms with van der Waals surface area (Å²) in [5, 5.41) is -0.0338. The summed E-state index contributed by atoms with van der Waals surface area (Å²) in [5.41, 5.74) is 0. The van der Waals surface area contributed by atoms with Gasteiger partial charge in [-0.1, -0.05) is 11.8 Å². The van der Waals surface area contributed by atoms with Gasteiger partial charge in [-0.25, -0.2) is 0 Å². The summed E-state index contributed by atoms with van der Waals surface area (Å²) < 4.78 is 0. The summed E-state index contributed by atoms with van der Waals surface area (Å²) >= 11 is 6.43. The van der Waals surface area contributed by atoms with E-state index in [-0.39, 0.29) is 22.0 Å². The Kier molecular flexibility index (Phi) is 2.74. The summed E-state index contributed by atoms with van der Waals surface area (Å²) in [6, 6.07) is 0. The van der Waals surface area contributed by atoms with Crippen LogP contribution in [0.15, 0.2) is 0 Å². The molecule has 1 atom stereocenters. The lowest BCUT2D eigenvalue weighted by Gasteiger charge is -2.00. The summed E-state index contributed by atoms with van der Waals surface area (Å²) in [6.45, 7) is 0. The highest BCUT2D eigenvalue weighted by molar-refractivity contribution is 8.15. The second kappa shape index (κ2) is 3.39. The maximum atomic E-state index is 10.9. The van der Waals surface area contributed by atoms with Crippen LogP contribution in [-0.4, -0.2) is 22.0 Å². The van der Waals surface area contributed by atoms with Crippen LogP contribution in [0.3, 0.4) is 0 Å². The molecule has 1 aliphatic rings. The van der Waals surface area contributed by atoms with Crippen molar-refractivity contribution in [1.29, 1.82) is 0 Å². The van der Waals surface area contributed by atoms with Gasteiger partial charge >= 0.3 is 0 Å². The molecule has 0 amide bonds. The van der Waals surface area contributed by atoms with E-state index in [1.807, 2.05) is 0 Å². The SMILES string of the molecule is O=C1CC[C@@H](C(=O)CCl)S1. The van der Waals surface area contributed by atoms with E-state index in [2.05, 4.69) is 0 Å². The van der Waals surface area contributed by atoms with Crippen LogP contribution in [0.2, 0.25) is 0 Å². The number of rotatable bonds is 2. The molecule has 10 heavy (non-hydrogen) atoms. The lowest BCUT2D eigenvalue weighted by molar-refractivity contribution is -0.116. The zero-order valence-corrected chi connectivity index (χ0v) is 6.87. The van der Waals surface area contributed by atoms with E-state index in [4.69, 9.17) is 11.6 Å². The van der Waals surface area contributed by atoms with Crippen molar-refractivity contribution in [2.45, 2.75) is 18.1 Å². The van der Waals surface area contributed by atoms with Crippen molar-refractivity contribution < 1.29 is 9.59 Å². The Morgan fingerprint density at radius 1 is 1.80 bits per heavy atom. The lowest BCUT2D eigenvalue weighted by atomic mass is 10.2. The molecule has 0 aromatic heterocycles. The first-order valence-corrected chi connectivity index (χ1v) is 4.43. The van der Waals surface area contributed by atoms with Crippen LogP contribution >= 0.6 is 23.4 Å². The molecule has 2 nitrogen and oxygen atoms in total. The molecule has 0 saturated carbocycles. The van der Waals surface area contributed by atoms with Crippen molar-refractivity contribution in [1.82, 2.24) is 0 Å². The minimum Gasteiger partial charge on any atom is -0.297 e. The lowest BCUT2D eigenvalue weighted by Crippen LogP contribution is -2.14. The molecule has 56 valence electrons. The van der Waals surface area contributed by atoms with Crippen LogP contribution in [0.4, 0.5) is 0 Å². The average molecular weight is 179 g/mol. The predicted molar refractivity (Wildman–Crippen MR) is 41.3 cm³/mol. The smallest absolute Gasteiger partial charge is 0.189 e. The third-order valence-corrected chi connectivity index (χ3v) is 2.89. The molecule has 1 aliphatic heterocycles. The Hall–Kier alpha value is -0.0200. The standard InChI is InChI=1S/C6H7ClO2S/c7-3-4(8)5-1-2-6(9)10-5/h5H,1-3H2/t5-/m0/s1. The fourth-order valence-electron chi connectivity index (χ4n) is 0.838. The molecular weight excluding hydrogens is 172 g/mol. The molecule has 0 spiro atoms. The second-order valence-corrected chi connectivity index (χ2v) is 3.64. The number of carbonyl (C=O) groups excluding carboxylic acids is 2. The molecule has 0 aromatic rings. The normalized spacial score (nSPS) is 25.3. The van der Waals surface area contributed by atoms with Crippen molar-refractivity contribution in [2.75, 3.05) is 5.88 Å². The van der Waals surface area contributed by atoms with Crippen molar-refractivity contribution in [3.63, 3.8) is 0 Å². The van der Waals surface area contributed by atoms with Crippen LogP contribution in [0.25, 0.3) is 0 Å². The first-order valence-electron chi connectivity index (χ1n) is 3.02. The fourth-order valence-corrected chi connectivity index (χ4v) is 2.12. The van der Waals surface area contributed by atoms with Crippen molar-refractivity contribution in [3.8, 4) is 0 Å². The zero-order valence-electron chi connectivity index (χ0n) is 5.30. The van der Waals surface area contributed by atoms with E-state index in [0.717, 1.165) is 11.8 Å². The maximum Gasteiger partial charge on any atom is 0.189 e. The summed E-state index contributed by atoms with van der Waals surface area (Å²) in [4.78, 5) is 21.5. The third kappa shape index (κ3) is 1.73. The quantitative estimate of drug-likeness (QED) is 0.597. The first kappa shape index (κ1) is 8.08. The molecule has 1 rings (SSSR count). The predicted octanol–water partition coefficient (Wildman–Crippen LogP) is 1.22. The molecule has 1 heterocycles. The molecule has 0 bridgehead atoms. The van der Waals surface area contributed by atoms with Crippen molar-refractivity contribution in [3.05, 3.63) is 0 Å². The molecule has 4 heteroatoms. The molecule has 0 radical (unpaired) electrons. The number of halogens is 1. The van der Waals surface area contributed by atoms with Gasteiger partial charge < -0.3 is 0 Å². The molecule has 0 aliphatic carbocycles. The number of carbonyl (C=O) groups is 2. The summed E-state index contributed by atoms with van der Waals surface area (Å²) in [5.74, 6) is 0.0165. The van der Waals surface area contributed by atoms with Gasteiger partial charge in [0.1, 0.15) is 0 Å². The topological polar surface area (TPSA) is 34.1 Å². The number of ketones is 1. The largest absolute Gasteiger partial charge is 0.297 e. The maximum absolute atomic E-state index is 10.9. The van der Waals surface area contributed by atoms with Gasteiger partial charge in [-0.05, 0) is 6.42 Å². The van der Waals surface area contributed by atoms with Gasteiger partial charge in [-0.15, -0.1) is 11.6 Å². The van der Waals surface area contributed by atoms with Gasteiger partial charge in [-0.3, -0.25) is 9.59 Å². The van der Waals surface area contributed by atoms with Crippen LogP contribution in [0.1, 0.15) is 12.8 Å². The van der Waals surface area contributed by atoms with E-state index in [1.54, 1.807) is 0 Å². The Morgan fingerprint density at radius 2 is 2.50 bits per heavy atom. The van der Waals surface area contributed by atoms with E-state index in [9.17, 15) is 9.59 Å². The number of hydrogen-bond acceptors (Lipinski definition) is 3. The first-order chi connectivity index (χ1) is 4.74. The Bertz CT molecular complexity index is 169. The van der Waals surface area contributed by atoms with E-state index in [0.29, 0.717) is 12.8 Å². The second-order valence-electron chi connectivity index (χ2n) is 2.12. The van der Waals surface area contributed by atoms with Gasteiger partial charge in [0, 0.05) is 6.42 Å². The van der Waals surface area contributed by atoms with Crippen LogP contribution in [0.5, 0.6) is 0 Å².